The van der Waals surface area contributed by atoms with Crippen molar-refractivity contribution in [1.82, 2.24) is 14.9 Å². The van der Waals surface area contributed by atoms with Crippen LogP contribution in [0.4, 0.5) is 4.79 Å². The number of rotatable bonds is 8. The summed E-state index contributed by atoms with van der Waals surface area (Å²) in [4.78, 5) is 22.7. The first-order chi connectivity index (χ1) is 12.0. The summed E-state index contributed by atoms with van der Waals surface area (Å²) in [5.74, 6) is 0.246. The fraction of sp³-hybridized carbons (Fsp3) is 0.737. The molecule has 1 rings (SSSR count). The summed E-state index contributed by atoms with van der Waals surface area (Å²) in [7, 11) is 0. The van der Waals surface area contributed by atoms with Gasteiger partial charge in [-0.05, 0) is 69.3 Å². The first-order valence-electron chi connectivity index (χ1n) is 9.15. The van der Waals surface area contributed by atoms with E-state index in [0.717, 1.165) is 17.3 Å². The van der Waals surface area contributed by atoms with E-state index in [4.69, 9.17) is 9.47 Å². The van der Waals surface area contributed by atoms with Crippen molar-refractivity contribution < 1.29 is 14.3 Å². The number of aromatic nitrogens is 2. The highest BCUT2D eigenvalue weighted by Crippen LogP contribution is 2.22. The Bertz CT molecular complexity index is 558. The second-order valence-electron chi connectivity index (χ2n) is 7.88. The summed E-state index contributed by atoms with van der Waals surface area (Å²) in [5, 5.41) is 0. The van der Waals surface area contributed by atoms with Crippen LogP contribution in [0.25, 0.3) is 0 Å². The minimum Gasteiger partial charge on any atom is -0.463 e. The second-order valence-corrected chi connectivity index (χ2v) is 8.79. The van der Waals surface area contributed by atoms with Crippen LogP contribution >= 0.6 is 15.9 Å². The van der Waals surface area contributed by atoms with Crippen LogP contribution in [0.3, 0.4) is 0 Å². The van der Waals surface area contributed by atoms with Crippen LogP contribution < -0.4 is 4.74 Å². The molecule has 1 unspecified atom stereocenters. The SMILES string of the molecule is CCC(C[C@H](C)COc1ncc(Br)cn1)N(C(=O)OC(C)(C)C)C(C)C. The number of hydrogen-bond acceptors (Lipinski definition) is 5. The topological polar surface area (TPSA) is 64.6 Å². The third-order valence-corrected chi connectivity index (χ3v) is 4.20. The molecule has 1 aromatic rings. The maximum Gasteiger partial charge on any atom is 0.410 e. The lowest BCUT2D eigenvalue weighted by molar-refractivity contribution is 0.00452. The quantitative estimate of drug-likeness (QED) is 0.576. The third kappa shape index (κ3) is 7.89. The highest BCUT2D eigenvalue weighted by Gasteiger charge is 2.30. The summed E-state index contributed by atoms with van der Waals surface area (Å²) in [5.41, 5.74) is -0.504. The van der Waals surface area contributed by atoms with Crippen LogP contribution in [0.15, 0.2) is 16.9 Å². The molecule has 2 atom stereocenters. The smallest absolute Gasteiger partial charge is 0.410 e. The lowest BCUT2D eigenvalue weighted by Gasteiger charge is -2.37. The zero-order chi connectivity index (χ0) is 19.9. The van der Waals surface area contributed by atoms with Gasteiger partial charge in [0, 0.05) is 24.5 Å². The van der Waals surface area contributed by atoms with Crippen molar-refractivity contribution >= 4 is 22.0 Å². The molecule has 1 heterocycles. The Morgan fingerprint density at radius 2 is 1.81 bits per heavy atom. The van der Waals surface area contributed by atoms with Crippen molar-refractivity contribution in [3.8, 4) is 6.01 Å². The molecule has 6 nitrogen and oxygen atoms in total. The van der Waals surface area contributed by atoms with Crippen LogP contribution in [-0.4, -0.2) is 45.3 Å². The number of ether oxygens (including phenoxy) is 2. The van der Waals surface area contributed by atoms with Crippen molar-refractivity contribution in [2.75, 3.05) is 6.61 Å². The lowest BCUT2D eigenvalue weighted by atomic mass is 9.98. The van der Waals surface area contributed by atoms with E-state index in [-0.39, 0.29) is 24.1 Å². The number of carbonyl (C=O) groups excluding carboxylic acids is 1. The molecule has 0 aliphatic rings. The van der Waals surface area contributed by atoms with Gasteiger partial charge in [-0.15, -0.1) is 0 Å². The molecule has 0 saturated carbocycles. The predicted molar refractivity (Wildman–Crippen MR) is 106 cm³/mol. The summed E-state index contributed by atoms with van der Waals surface area (Å²) < 4.78 is 12.1. The highest BCUT2D eigenvalue weighted by atomic mass is 79.9. The van der Waals surface area contributed by atoms with E-state index >= 15 is 0 Å². The van der Waals surface area contributed by atoms with E-state index in [9.17, 15) is 4.79 Å². The maximum atomic E-state index is 12.6. The molecule has 26 heavy (non-hydrogen) atoms. The number of nitrogens with zero attached hydrogens (tertiary/aromatic N) is 3. The van der Waals surface area contributed by atoms with E-state index in [1.165, 1.54) is 0 Å². The van der Waals surface area contributed by atoms with Crippen LogP contribution in [0, 0.1) is 5.92 Å². The van der Waals surface area contributed by atoms with Crippen molar-refractivity contribution in [1.29, 1.82) is 0 Å². The number of halogens is 1. The molecule has 0 fully saturated rings. The van der Waals surface area contributed by atoms with E-state index < -0.39 is 5.60 Å². The van der Waals surface area contributed by atoms with Gasteiger partial charge in [0.1, 0.15) is 5.60 Å². The van der Waals surface area contributed by atoms with E-state index in [2.05, 4.69) is 39.7 Å². The molecular formula is C19H32BrN3O3. The molecule has 0 bridgehead atoms. The summed E-state index contributed by atoms with van der Waals surface area (Å²) in [6, 6.07) is 0.521. The lowest BCUT2D eigenvalue weighted by Crippen LogP contribution is -2.47. The summed E-state index contributed by atoms with van der Waals surface area (Å²) in [6.07, 6.45) is 4.74. The first kappa shape index (κ1) is 22.7. The molecule has 1 aromatic heterocycles. The van der Waals surface area contributed by atoms with Crippen LogP contribution in [-0.2, 0) is 4.74 Å². The van der Waals surface area contributed by atoms with E-state index in [1.807, 2.05) is 39.5 Å². The second kappa shape index (κ2) is 10.1. The van der Waals surface area contributed by atoms with Gasteiger partial charge >= 0.3 is 12.1 Å². The Morgan fingerprint density at radius 1 is 1.23 bits per heavy atom. The maximum absolute atomic E-state index is 12.6. The van der Waals surface area contributed by atoms with Gasteiger partial charge in [-0.2, -0.15) is 0 Å². The van der Waals surface area contributed by atoms with Gasteiger partial charge in [0.25, 0.3) is 0 Å². The minimum atomic E-state index is -0.504. The Hall–Kier alpha value is -1.37. The van der Waals surface area contributed by atoms with Crippen LogP contribution in [0.2, 0.25) is 0 Å². The number of carbonyl (C=O) groups is 1. The molecule has 0 aliphatic heterocycles. The molecule has 0 N–H and O–H groups in total. The predicted octanol–water partition coefficient (Wildman–Crippen LogP) is 5.07. The zero-order valence-electron chi connectivity index (χ0n) is 17.0. The summed E-state index contributed by atoms with van der Waals surface area (Å²) in [6.45, 7) is 14.4. The fourth-order valence-corrected chi connectivity index (χ4v) is 2.90. The average Bonchev–Trinajstić information content (AvgIpc) is 2.51. The third-order valence-electron chi connectivity index (χ3n) is 3.79. The minimum absolute atomic E-state index is 0.0673. The van der Waals surface area contributed by atoms with E-state index in [0.29, 0.717) is 12.6 Å². The van der Waals surface area contributed by atoms with Gasteiger partial charge in [0.05, 0.1) is 11.1 Å². The van der Waals surface area contributed by atoms with Crippen molar-refractivity contribution in [3.05, 3.63) is 16.9 Å². The molecule has 0 aromatic carbocycles. The Labute approximate surface area is 165 Å². The molecule has 148 valence electrons. The molecule has 7 heteroatoms. The van der Waals surface area contributed by atoms with Gasteiger partial charge in [-0.3, -0.25) is 0 Å². The normalized spacial score (nSPS) is 14.0. The molecule has 1 amide bonds. The highest BCUT2D eigenvalue weighted by molar-refractivity contribution is 9.10. The van der Waals surface area contributed by atoms with Crippen LogP contribution in [0.5, 0.6) is 6.01 Å². The Morgan fingerprint density at radius 3 is 2.27 bits per heavy atom. The average molecular weight is 430 g/mol. The Kier molecular flexibility index (Phi) is 8.80. The van der Waals surface area contributed by atoms with Crippen LogP contribution in [0.1, 0.15) is 61.3 Å². The molecule has 0 spiro atoms. The van der Waals surface area contributed by atoms with Crippen molar-refractivity contribution in [3.63, 3.8) is 0 Å². The fourth-order valence-electron chi connectivity index (χ4n) is 2.70. The van der Waals surface area contributed by atoms with Gasteiger partial charge in [-0.1, -0.05) is 13.8 Å². The van der Waals surface area contributed by atoms with Crippen molar-refractivity contribution in [2.45, 2.75) is 79.0 Å². The van der Waals surface area contributed by atoms with Crippen molar-refractivity contribution in [2.24, 2.45) is 5.92 Å². The van der Waals surface area contributed by atoms with E-state index in [1.54, 1.807) is 12.4 Å². The van der Waals surface area contributed by atoms with Gasteiger partial charge in [-0.25, -0.2) is 14.8 Å². The monoisotopic (exact) mass is 429 g/mol. The first-order valence-corrected chi connectivity index (χ1v) is 9.94. The standard InChI is InChI=1S/C19H32BrN3O3/c1-8-16(23(13(2)3)18(24)26-19(5,6)7)9-14(4)12-25-17-21-10-15(20)11-22-17/h10-11,13-14,16H,8-9,12H2,1-7H3/t14-,16?/m0/s1. The van der Waals surface area contributed by atoms with Gasteiger partial charge in [0.15, 0.2) is 0 Å². The molecule has 0 radical (unpaired) electrons. The largest absolute Gasteiger partial charge is 0.463 e. The molecule has 0 saturated heterocycles. The number of hydrogen-bond donors (Lipinski definition) is 0. The molecule has 0 aliphatic carbocycles. The molecular weight excluding hydrogens is 398 g/mol. The number of amides is 1. The Balaban J connectivity index is 2.68. The summed E-state index contributed by atoms with van der Waals surface area (Å²) >= 11 is 3.30. The van der Waals surface area contributed by atoms with Gasteiger partial charge < -0.3 is 14.4 Å². The van der Waals surface area contributed by atoms with Gasteiger partial charge in [0.2, 0.25) is 0 Å². The zero-order valence-corrected chi connectivity index (χ0v) is 18.5.